The summed E-state index contributed by atoms with van der Waals surface area (Å²) < 4.78 is 44.7. The van der Waals surface area contributed by atoms with Crippen LogP contribution < -0.4 is 13.6 Å². The maximum Gasteiger partial charge on any atom is 0.647 e. The number of para-hydroxylation sites is 3. The molecule has 0 unspecified atom stereocenters. The van der Waals surface area contributed by atoms with Crippen molar-refractivity contribution in [2.24, 2.45) is 0 Å². The molecule has 37 heavy (non-hydrogen) atoms. The summed E-state index contributed by atoms with van der Waals surface area (Å²) in [7, 11) is -3.89. The van der Waals surface area contributed by atoms with Gasteiger partial charge in [0, 0.05) is 13.5 Å². The third-order valence-corrected chi connectivity index (χ3v) is 5.73. The highest BCUT2D eigenvalue weighted by Gasteiger charge is 2.33. The maximum absolute atomic E-state index is 13.1. The second kappa shape index (κ2) is 18.0. The minimum Gasteiger partial charge on any atom is -0.463 e. The van der Waals surface area contributed by atoms with Gasteiger partial charge in [0.2, 0.25) is 0 Å². The van der Waals surface area contributed by atoms with Crippen LogP contribution in [-0.2, 0) is 23.6 Å². The fraction of sp³-hybridized carbons (Fsp3) is 0.321. The molecule has 0 aliphatic heterocycles. The summed E-state index contributed by atoms with van der Waals surface area (Å²) in [5.41, 5.74) is 0. The van der Waals surface area contributed by atoms with Crippen LogP contribution in [0.15, 0.2) is 91.0 Å². The summed E-state index contributed by atoms with van der Waals surface area (Å²) in [6, 6.07) is 26.4. The largest absolute Gasteiger partial charge is 0.647 e. The highest BCUT2D eigenvalue weighted by Crippen LogP contribution is 2.49. The monoisotopic (exact) mass is 530 g/mol. The van der Waals surface area contributed by atoms with E-state index in [0.717, 1.165) is 19.4 Å². The third kappa shape index (κ3) is 14.1. The van der Waals surface area contributed by atoms with Crippen LogP contribution in [0.4, 0.5) is 0 Å². The Morgan fingerprint density at radius 2 is 1.00 bits per heavy atom. The van der Waals surface area contributed by atoms with Gasteiger partial charge in [-0.25, -0.2) is 0 Å². The summed E-state index contributed by atoms with van der Waals surface area (Å²) in [4.78, 5) is 10.3. The van der Waals surface area contributed by atoms with Gasteiger partial charge in [0.15, 0.2) is 0 Å². The Hall–Kier alpha value is -3.32. The maximum atomic E-state index is 13.1. The summed E-state index contributed by atoms with van der Waals surface area (Å²) in [5, 5.41) is 0. The van der Waals surface area contributed by atoms with Gasteiger partial charge in [-0.3, -0.25) is 4.79 Å². The molecule has 0 aliphatic carbocycles. The number of hydrogen-bond donors (Lipinski definition) is 0. The van der Waals surface area contributed by atoms with Gasteiger partial charge in [-0.2, -0.15) is 4.57 Å². The van der Waals surface area contributed by atoms with Gasteiger partial charge < -0.3 is 27.8 Å². The van der Waals surface area contributed by atoms with Crippen molar-refractivity contribution in [3.05, 3.63) is 91.0 Å². The van der Waals surface area contributed by atoms with Crippen LogP contribution in [0.25, 0.3) is 0 Å². The van der Waals surface area contributed by atoms with Gasteiger partial charge in [-0.15, -0.1) is 0 Å². The van der Waals surface area contributed by atoms with Gasteiger partial charge in [-0.1, -0.05) is 67.9 Å². The number of phosphoric ester groups is 1. The van der Waals surface area contributed by atoms with E-state index in [1.807, 2.05) is 18.2 Å². The summed E-state index contributed by atoms with van der Waals surface area (Å²) >= 11 is 0. The number of hydrogen-bond acceptors (Lipinski definition) is 8. The van der Waals surface area contributed by atoms with Gasteiger partial charge in [0.25, 0.3) is 0 Å². The number of carbonyl (C=O) groups is 1. The quantitative estimate of drug-likeness (QED) is 0.122. The van der Waals surface area contributed by atoms with Crippen molar-refractivity contribution in [2.75, 3.05) is 33.0 Å². The molecule has 0 saturated carbocycles. The highest BCUT2D eigenvalue weighted by molar-refractivity contribution is 7.49. The lowest BCUT2D eigenvalue weighted by Crippen LogP contribution is -2.11. The van der Waals surface area contributed by atoms with E-state index in [9.17, 15) is 9.36 Å². The molecule has 3 aromatic carbocycles. The lowest BCUT2D eigenvalue weighted by atomic mass is 10.3. The standard InChI is InChI=1S/C18H15O4P.C10H20O4/c19-23(20-16-10-4-1-5-11-16,21-17-12-6-2-7-13-17)22-18-14-8-3-9-15-18;1-3-4-5-12-6-7-13-8-9-14-10(2)11/h1-15H;3-9H2,1-2H3. The first-order valence-electron chi connectivity index (χ1n) is 12.1. The zero-order valence-electron chi connectivity index (χ0n) is 21.3. The number of phosphoric acid groups is 1. The second-order valence-electron chi connectivity index (χ2n) is 7.58. The molecule has 9 heteroatoms. The average molecular weight is 531 g/mol. The van der Waals surface area contributed by atoms with Crippen molar-refractivity contribution in [3.63, 3.8) is 0 Å². The molecule has 0 bridgehead atoms. The van der Waals surface area contributed by atoms with Crippen LogP contribution >= 0.6 is 7.82 Å². The molecule has 0 atom stereocenters. The molecule has 0 heterocycles. The summed E-state index contributed by atoms with van der Waals surface area (Å²) in [6.45, 7) is 6.24. The topological polar surface area (TPSA) is 89.5 Å². The van der Waals surface area contributed by atoms with E-state index in [4.69, 9.17) is 23.0 Å². The van der Waals surface area contributed by atoms with Crippen molar-refractivity contribution < 1.29 is 37.1 Å². The average Bonchev–Trinajstić information content (AvgIpc) is 2.89. The highest BCUT2D eigenvalue weighted by atomic mass is 31.2. The smallest absolute Gasteiger partial charge is 0.463 e. The number of unbranched alkanes of at least 4 members (excludes halogenated alkanes) is 1. The number of esters is 1. The Labute approximate surface area is 219 Å². The predicted octanol–water partition coefficient (Wildman–Crippen LogP) is 6.71. The molecule has 3 aromatic rings. The first kappa shape index (κ1) is 29.9. The first-order chi connectivity index (χ1) is 18.0. The Balaban J connectivity index is 0.000000298. The number of carbonyl (C=O) groups excluding carboxylic acids is 1. The SMILES string of the molecule is CCCCOCCOCCOC(C)=O.O=P(Oc1ccccc1)(Oc1ccccc1)Oc1ccccc1. The molecule has 200 valence electrons. The molecule has 8 nitrogen and oxygen atoms in total. The van der Waals surface area contributed by atoms with Crippen molar-refractivity contribution >= 4 is 13.8 Å². The molecular formula is C28H35O8P. The van der Waals surface area contributed by atoms with Crippen LogP contribution in [0.2, 0.25) is 0 Å². The van der Waals surface area contributed by atoms with Gasteiger partial charge in [0.1, 0.15) is 23.9 Å². The lowest BCUT2D eigenvalue weighted by molar-refractivity contribution is -0.142. The van der Waals surface area contributed by atoms with Gasteiger partial charge >= 0.3 is 13.8 Å². The zero-order chi connectivity index (χ0) is 26.6. The molecule has 0 spiro atoms. The zero-order valence-corrected chi connectivity index (χ0v) is 22.2. The Morgan fingerprint density at radius 1 is 0.622 bits per heavy atom. The molecule has 0 radical (unpaired) electrons. The van der Waals surface area contributed by atoms with Gasteiger partial charge in [-0.05, 0) is 42.8 Å². The Kier molecular flexibility index (Phi) is 14.6. The van der Waals surface area contributed by atoms with Gasteiger partial charge in [0.05, 0.1) is 19.8 Å². The van der Waals surface area contributed by atoms with Crippen molar-refractivity contribution in [1.82, 2.24) is 0 Å². The Bertz CT molecular complexity index is 924. The van der Waals surface area contributed by atoms with E-state index in [1.165, 1.54) is 6.92 Å². The summed E-state index contributed by atoms with van der Waals surface area (Å²) in [5.74, 6) is 0.945. The van der Waals surface area contributed by atoms with Crippen LogP contribution in [0.1, 0.15) is 26.7 Å². The number of rotatable bonds is 15. The third-order valence-electron chi connectivity index (χ3n) is 4.43. The lowest BCUT2D eigenvalue weighted by Gasteiger charge is -2.19. The molecule has 0 saturated heterocycles. The molecule has 0 aromatic heterocycles. The molecule has 0 fully saturated rings. The second-order valence-corrected chi connectivity index (χ2v) is 9.02. The van der Waals surface area contributed by atoms with Crippen molar-refractivity contribution in [2.45, 2.75) is 26.7 Å². The molecule has 0 N–H and O–H groups in total. The Morgan fingerprint density at radius 3 is 1.38 bits per heavy atom. The van der Waals surface area contributed by atoms with Crippen LogP contribution in [-0.4, -0.2) is 39.0 Å². The number of ether oxygens (including phenoxy) is 3. The van der Waals surface area contributed by atoms with E-state index in [1.54, 1.807) is 72.8 Å². The molecule has 0 aliphatic rings. The fourth-order valence-electron chi connectivity index (χ4n) is 2.70. The van der Waals surface area contributed by atoms with E-state index < -0.39 is 7.82 Å². The molecule has 3 rings (SSSR count). The van der Waals surface area contributed by atoms with Crippen LogP contribution in [0.5, 0.6) is 17.2 Å². The minimum atomic E-state index is -3.89. The van der Waals surface area contributed by atoms with E-state index in [2.05, 4.69) is 11.7 Å². The normalized spacial score (nSPS) is 10.5. The fourth-order valence-corrected chi connectivity index (χ4v) is 3.95. The molecular weight excluding hydrogens is 495 g/mol. The number of benzene rings is 3. The first-order valence-corrected chi connectivity index (χ1v) is 13.6. The van der Waals surface area contributed by atoms with E-state index in [-0.39, 0.29) is 5.97 Å². The van der Waals surface area contributed by atoms with E-state index in [0.29, 0.717) is 43.7 Å². The van der Waals surface area contributed by atoms with Crippen molar-refractivity contribution in [1.29, 1.82) is 0 Å². The minimum absolute atomic E-state index is 0.271. The van der Waals surface area contributed by atoms with E-state index >= 15 is 0 Å². The molecule has 0 amide bonds. The van der Waals surface area contributed by atoms with Crippen molar-refractivity contribution in [3.8, 4) is 17.2 Å². The predicted molar refractivity (Wildman–Crippen MR) is 142 cm³/mol. The van der Waals surface area contributed by atoms with Crippen LogP contribution in [0, 0.1) is 0 Å². The summed E-state index contributed by atoms with van der Waals surface area (Å²) in [6.07, 6.45) is 2.24. The van der Waals surface area contributed by atoms with Crippen LogP contribution in [0.3, 0.4) is 0 Å².